The summed E-state index contributed by atoms with van der Waals surface area (Å²) in [6.45, 7) is 1.97. The van der Waals surface area contributed by atoms with Gasteiger partial charge >= 0.3 is 0 Å². The standard InChI is InChI=1S/C23H29NO5/c1-24(13-12-17-6-11-21(26-2)22(15-17)27-3)23(25)18-7-9-19(10-8-18)29-16-20-5-4-14-28-20/h6-11,15,20H,4-5,12-14,16H2,1-3H3. The number of hydrogen-bond donors (Lipinski definition) is 0. The smallest absolute Gasteiger partial charge is 0.253 e. The van der Waals surface area contributed by atoms with Crippen LogP contribution >= 0.6 is 0 Å². The number of carbonyl (C=O) groups is 1. The first-order valence-electron chi connectivity index (χ1n) is 9.91. The van der Waals surface area contributed by atoms with E-state index in [2.05, 4.69) is 0 Å². The second-order valence-electron chi connectivity index (χ2n) is 7.14. The lowest BCUT2D eigenvalue weighted by atomic mass is 10.1. The monoisotopic (exact) mass is 399 g/mol. The molecule has 2 aromatic carbocycles. The van der Waals surface area contributed by atoms with Gasteiger partial charge in [-0.05, 0) is 61.2 Å². The van der Waals surface area contributed by atoms with Crippen LogP contribution in [-0.2, 0) is 11.2 Å². The Labute approximate surface area is 172 Å². The third kappa shape index (κ3) is 5.64. The predicted molar refractivity (Wildman–Crippen MR) is 111 cm³/mol. The van der Waals surface area contributed by atoms with Crippen LogP contribution in [0.3, 0.4) is 0 Å². The highest BCUT2D eigenvalue weighted by Gasteiger charge is 2.16. The van der Waals surface area contributed by atoms with Crippen LogP contribution in [0.25, 0.3) is 0 Å². The fraction of sp³-hybridized carbons (Fsp3) is 0.435. The normalized spacial score (nSPS) is 15.8. The van der Waals surface area contributed by atoms with Crippen molar-refractivity contribution in [2.24, 2.45) is 0 Å². The van der Waals surface area contributed by atoms with Gasteiger partial charge in [-0.25, -0.2) is 0 Å². The number of amides is 1. The van der Waals surface area contributed by atoms with Crippen LogP contribution in [0.2, 0.25) is 0 Å². The minimum Gasteiger partial charge on any atom is -0.493 e. The summed E-state index contributed by atoms with van der Waals surface area (Å²) in [6, 6.07) is 13.1. The molecule has 0 aromatic heterocycles. The molecule has 1 atom stereocenters. The maximum absolute atomic E-state index is 12.7. The molecule has 3 rings (SSSR count). The van der Waals surface area contributed by atoms with Crippen molar-refractivity contribution in [2.45, 2.75) is 25.4 Å². The van der Waals surface area contributed by atoms with Gasteiger partial charge in [-0.15, -0.1) is 0 Å². The van der Waals surface area contributed by atoms with E-state index in [0.717, 1.165) is 37.2 Å². The first kappa shape index (κ1) is 21.0. The summed E-state index contributed by atoms with van der Waals surface area (Å²) in [5.74, 6) is 2.13. The highest BCUT2D eigenvalue weighted by molar-refractivity contribution is 5.94. The molecule has 1 aliphatic rings. The van der Waals surface area contributed by atoms with Crippen molar-refractivity contribution in [2.75, 3.05) is 41.0 Å². The molecule has 1 unspecified atom stereocenters. The zero-order valence-corrected chi connectivity index (χ0v) is 17.3. The number of carbonyl (C=O) groups excluding carboxylic acids is 1. The van der Waals surface area contributed by atoms with E-state index >= 15 is 0 Å². The maximum atomic E-state index is 12.7. The molecular formula is C23H29NO5. The van der Waals surface area contributed by atoms with Gasteiger partial charge in [-0.1, -0.05) is 6.07 Å². The summed E-state index contributed by atoms with van der Waals surface area (Å²) in [4.78, 5) is 14.4. The number of benzene rings is 2. The Hall–Kier alpha value is -2.73. The van der Waals surface area contributed by atoms with E-state index in [1.807, 2.05) is 37.4 Å². The second kappa shape index (κ2) is 10.2. The zero-order valence-electron chi connectivity index (χ0n) is 17.3. The van der Waals surface area contributed by atoms with Gasteiger partial charge in [0, 0.05) is 25.8 Å². The Kier molecular flexibility index (Phi) is 7.36. The number of rotatable bonds is 9. The summed E-state index contributed by atoms with van der Waals surface area (Å²) in [5, 5.41) is 0. The van der Waals surface area contributed by atoms with Crippen LogP contribution in [-0.4, -0.2) is 57.9 Å². The SMILES string of the molecule is COc1ccc(CCN(C)C(=O)c2ccc(OCC3CCCO3)cc2)cc1OC. The molecule has 0 bridgehead atoms. The van der Waals surface area contributed by atoms with Crippen molar-refractivity contribution in [1.29, 1.82) is 0 Å². The topological polar surface area (TPSA) is 57.2 Å². The second-order valence-corrected chi connectivity index (χ2v) is 7.14. The van der Waals surface area contributed by atoms with E-state index in [0.29, 0.717) is 30.2 Å². The van der Waals surface area contributed by atoms with E-state index in [9.17, 15) is 4.79 Å². The molecule has 0 spiro atoms. The Balaban J connectivity index is 1.51. The van der Waals surface area contributed by atoms with Crippen molar-refractivity contribution in [3.05, 3.63) is 53.6 Å². The van der Waals surface area contributed by atoms with E-state index < -0.39 is 0 Å². The highest BCUT2D eigenvalue weighted by atomic mass is 16.5. The van der Waals surface area contributed by atoms with Crippen molar-refractivity contribution in [1.82, 2.24) is 4.90 Å². The highest BCUT2D eigenvalue weighted by Crippen LogP contribution is 2.27. The zero-order chi connectivity index (χ0) is 20.6. The Morgan fingerprint density at radius 2 is 1.86 bits per heavy atom. The van der Waals surface area contributed by atoms with Gasteiger partial charge in [0.2, 0.25) is 0 Å². The van der Waals surface area contributed by atoms with Gasteiger partial charge in [0.25, 0.3) is 5.91 Å². The van der Waals surface area contributed by atoms with Crippen molar-refractivity contribution >= 4 is 5.91 Å². The molecule has 1 amide bonds. The van der Waals surface area contributed by atoms with Gasteiger partial charge < -0.3 is 23.8 Å². The van der Waals surface area contributed by atoms with Crippen LogP contribution in [0.5, 0.6) is 17.2 Å². The predicted octanol–water partition coefficient (Wildman–Crippen LogP) is 3.58. The summed E-state index contributed by atoms with van der Waals surface area (Å²) in [6.07, 6.45) is 3.04. The lowest BCUT2D eigenvalue weighted by molar-refractivity contribution is 0.0679. The molecule has 29 heavy (non-hydrogen) atoms. The minimum atomic E-state index is -0.0175. The fourth-order valence-electron chi connectivity index (χ4n) is 3.31. The molecule has 0 radical (unpaired) electrons. The van der Waals surface area contributed by atoms with Crippen LogP contribution in [0.1, 0.15) is 28.8 Å². The fourth-order valence-corrected chi connectivity index (χ4v) is 3.31. The van der Waals surface area contributed by atoms with Crippen LogP contribution in [0, 0.1) is 0 Å². The molecule has 6 heteroatoms. The lowest BCUT2D eigenvalue weighted by Crippen LogP contribution is -2.28. The maximum Gasteiger partial charge on any atom is 0.253 e. The molecule has 156 valence electrons. The molecule has 1 saturated heterocycles. The largest absolute Gasteiger partial charge is 0.493 e. The van der Waals surface area contributed by atoms with Gasteiger partial charge in [0.1, 0.15) is 12.4 Å². The lowest BCUT2D eigenvalue weighted by Gasteiger charge is -2.18. The van der Waals surface area contributed by atoms with E-state index in [1.54, 1.807) is 31.3 Å². The van der Waals surface area contributed by atoms with Gasteiger partial charge in [-0.2, -0.15) is 0 Å². The number of nitrogens with zero attached hydrogens (tertiary/aromatic N) is 1. The number of likely N-dealkylation sites (N-methyl/N-ethyl adjacent to an activating group) is 1. The number of ether oxygens (including phenoxy) is 4. The number of methoxy groups -OCH3 is 2. The van der Waals surface area contributed by atoms with Gasteiger partial charge in [0.15, 0.2) is 11.5 Å². The third-order valence-corrected chi connectivity index (χ3v) is 5.09. The molecule has 6 nitrogen and oxygen atoms in total. The molecule has 0 N–H and O–H groups in total. The summed E-state index contributed by atoms with van der Waals surface area (Å²) in [7, 11) is 5.04. The van der Waals surface area contributed by atoms with E-state index in [-0.39, 0.29) is 12.0 Å². The molecule has 1 aliphatic heterocycles. The van der Waals surface area contributed by atoms with Crippen LogP contribution in [0.15, 0.2) is 42.5 Å². The van der Waals surface area contributed by atoms with Crippen molar-refractivity contribution < 1.29 is 23.7 Å². The average Bonchev–Trinajstić information content (AvgIpc) is 3.29. The molecular weight excluding hydrogens is 370 g/mol. The quantitative estimate of drug-likeness (QED) is 0.645. The van der Waals surface area contributed by atoms with E-state index in [4.69, 9.17) is 18.9 Å². The molecule has 0 saturated carbocycles. The van der Waals surface area contributed by atoms with Gasteiger partial charge in [-0.3, -0.25) is 4.79 Å². The van der Waals surface area contributed by atoms with Crippen molar-refractivity contribution in [3.8, 4) is 17.2 Å². The Bertz CT molecular complexity index is 799. The number of hydrogen-bond acceptors (Lipinski definition) is 5. The third-order valence-electron chi connectivity index (χ3n) is 5.09. The summed E-state index contributed by atoms with van der Waals surface area (Å²) < 4.78 is 21.9. The molecule has 1 fully saturated rings. The molecule has 2 aromatic rings. The van der Waals surface area contributed by atoms with E-state index in [1.165, 1.54) is 0 Å². The minimum absolute atomic E-state index is 0.0175. The Morgan fingerprint density at radius 3 is 2.52 bits per heavy atom. The molecule has 1 heterocycles. The summed E-state index contributed by atoms with van der Waals surface area (Å²) >= 11 is 0. The molecule has 0 aliphatic carbocycles. The van der Waals surface area contributed by atoms with Crippen molar-refractivity contribution in [3.63, 3.8) is 0 Å². The Morgan fingerprint density at radius 1 is 1.10 bits per heavy atom. The first-order chi connectivity index (χ1) is 14.1. The first-order valence-corrected chi connectivity index (χ1v) is 9.91. The van der Waals surface area contributed by atoms with Crippen LogP contribution in [0.4, 0.5) is 0 Å². The summed E-state index contributed by atoms with van der Waals surface area (Å²) in [5.41, 5.74) is 1.73. The van der Waals surface area contributed by atoms with Crippen LogP contribution < -0.4 is 14.2 Å². The van der Waals surface area contributed by atoms with Gasteiger partial charge in [0.05, 0.1) is 20.3 Å². The average molecular weight is 399 g/mol.